The predicted octanol–water partition coefficient (Wildman–Crippen LogP) is 11.4. The molecule has 4 heterocycles. The number of hydrogen-bond donors (Lipinski definition) is 2. The van der Waals surface area contributed by atoms with E-state index in [4.69, 9.17) is 4.98 Å². The third kappa shape index (κ3) is 4.54. The highest BCUT2D eigenvalue weighted by Gasteiger charge is 2.20. The van der Waals surface area contributed by atoms with Crippen LogP contribution in [0.25, 0.3) is 66.6 Å². The summed E-state index contributed by atoms with van der Waals surface area (Å²) in [6, 6.07) is 29.3. The van der Waals surface area contributed by atoms with E-state index in [2.05, 4.69) is 130 Å². The van der Waals surface area contributed by atoms with E-state index in [0.29, 0.717) is 0 Å². The molecular weight excluding hydrogens is 534 g/mol. The molecule has 220 valence electrons. The van der Waals surface area contributed by atoms with Crippen molar-refractivity contribution >= 4 is 33.2 Å². The lowest BCUT2D eigenvalue weighted by atomic mass is 9.97. The van der Waals surface area contributed by atoms with Crippen LogP contribution in [0, 0.1) is 13.8 Å². The largest absolute Gasteiger partial charge is 0.355 e. The molecule has 0 radical (unpaired) electrons. The van der Waals surface area contributed by atoms with Crippen molar-refractivity contribution in [2.45, 2.75) is 67.2 Å². The zero-order valence-electron chi connectivity index (χ0n) is 26.8. The second-order valence-corrected chi connectivity index (χ2v) is 12.1. The van der Waals surface area contributed by atoms with E-state index < -0.39 is 0 Å². The molecule has 0 fully saturated rings. The Hall–Kier alpha value is -4.63. The number of nitrogens with zero attached hydrogens (tertiary/aromatic N) is 1. The fraction of sp³-hybridized carbons (Fsp3) is 0.244. The van der Waals surface area contributed by atoms with Gasteiger partial charge >= 0.3 is 0 Å². The van der Waals surface area contributed by atoms with Gasteiger partial charge in [-0.2, -0.15) is 0 Å². The summed E-state index contributed by atoms with van der Waals surface area (Å²) in [7, 11) is 0. The average molecular weight is 576 g/mol. The molecule has 1 aliphatic heterocycles. The van der Waals surface area contributed by atoms with Crippen LogP contribution in [-0.2, 0) is 12.8 Å². The van der Waals surface area contributed by atoms with Crippen LogP contribution < -0.4 is 0 Å². The van der Waals surface area contributed by atoms with Crippen LogP contribution in [0.4, 0.5) is 0 Å². The number of aryl methyl sites for hydroxylation is 4. The van der Waals surface area contributed by atoms with Gasteiger partial charge in [0, 0.05) is 22.1 Å². The van der Waals surface area contributed by atoms with Gasteiger partial charge in [-0.1, -0.05) is 70.2 Å². The summed E-state index contributed by atoms with van der Waals surface area (Å²) in [5.74, 6) is 0. The minimum absolute atomic E-state index is 0.962. The molecule has 8 bridgehead atoms. The number of allylic oxidation sites excluding steroid dienone is 2. The number of H-pyrrole nitrogens is 2. The number of rotatable bonds is 5. The maximum atomic E-state index is 5.26. The molecule has 0 saturated heterocycles. The van der Waals surface area contributed by atoms with E-state index in [1.165, 1.54) is 77.8 Å². The lowest BCUT2D eigenvalue weighted by Crippen LogP contribution is -1.83. The molecule has 2 aromatic carbocycles. The summed E-state index contributed by atoms with van der Waals surface area (Å²) in [5, 5.41) is 0. The zero-order valence-corrected chi connectivity index (χ0v) is 26.8. The van der Waals surface area contributed by atoms with E-state index in [1.807, 2.05) is 0 Å². The molecule has 0 saturated carbocycles. The molecule has 0 spiro atoms. The van der Waals surface area contributed by atoms with Crippen LogP contribution in [-0.4, -0.2) is 15.0 Å². The molecule has 5 aromatic rings. The molecule has 0 unspecified atom stereocenters. The SMILES string of the molecule is CCC1=C(CC)c2cc3[nH]c(cc4cc(cc5[nH]c(cc1n2)c(C)c5CC)-c1ccc(-c2ccccc2)cc1-4)c(CC)c3C. The summed E-state index contributed by atoms with van der Waals surface area (Å²) in [6.45, 7) is 13.5. The third-order valence-corrected chi connectivity index (χ3v) is 9.76. The van der Waals surface area contributed by atoms with Gasteiger partial charge in [0.25, 0.3) is 0 Å². The van der Waals surface area contributed by atoms with Gasteiger partial charge in [0.1, 0.15) is 0 Å². The predicted molar refractivity (Wildman–Crippen MR) is 189 cm³/mol. The Bertz CT molecular complexity index is 2120. The molecule has 3 nitrogen and oxygen atoms in total. The first kappa shape index (κ1) is 28.2. The Morgan fingerprint density at radius 1 is 0.477 bits per heavy atom. The van der Waals surface area contributed by atoms with Crippen molar-refractivity contribution in [2.24, 2.45) is 0 Å². The molecular formula is C41H41N3. The lowest BCUT2D eigenvalue weighted by Gasteiger charge is -2.07. The van der Waals surface area contributed by atoms with Gasteiger partial charge in [0.05, 0.1) is 11.4 Å². The smallest absolute Gasteiger partial charge is 0.0693 e. The highest BCUT2D eigenvalue weighted by Crippen LogP contribution is 2.42. The molecule has 3 aromatic heterocycles. The summed E-state index contributed by atoms with van der Waals surface area (Å²) in [4.78, 5) is 12.9. The minimum atomic E-state index is 0.962. The quantitative estimate of drug-likeness (QED) is 0.211. The second kappa shape index (κ2) is 11.1. The summed E-state index contributed by atoms with van der Waals surface area (Å²) >= 11 is 0. The lowest BCUT2D eigenvalue weighted by molar-refractivity contribution is 1.14. The standard InChI is InChI=1S/C41H41N3/c1-7-30-24(5)36-22-40-32(9-3)33(10-4)41(44-40)23-37-25(6)31(8-2)39(43-37)21-29-18-28(20-38(30)42-36)34-17-16-27(19-35(29)34)26-14-12-11-13-15-26/h11-23,42-43H,7-10H2,1-6H3. The first-order valence-electron chi connectivity index (χ1n) is 16.2. The fourth-order valence-electron chi connectivity index (χ4n) is 7.40. The maximum Gasteiger partial charge on any atom is 0.0693 e. The number of benzene rings is 2. The van der Waals surface area contributed by atoms with E-state index in [0.717, 1.165) is 48.1 Å². The van der Waals surface area contributed by atoms with E-state index in [1.54, 1.807) is 0 Å². The van der Waals surface area contributed by atoms with Crippen molar-refractivity contribution in [3.8, 4) is 33.4 Å². The number of aromatic nitrogens is 3. The third-order valence-electron chi connectivity index (χ3n) is 9.76. The zero-order chi connectivity index (χ0) is 30.5. The minimum Gasteiger partial charge on any atom is -0.355 e. The van der Waals surface area contributed by atoms with Crippen LogP contribution in [0.1, 0.15) is 74.2 Å². The van der Waals surface area contributed by atoms with Gasteiger partial charge in [-0.05, 0) is 143 Å². The first-order valence-corrected chi connectivity index (χ1v) is 16.2. The molecule has 2 aliphatic rings. The summed E-state index contributed by atoms with van der Waals surface area (Å²) in [6.07, 6.45) is 3.86. The Morgan fingerprint density at radius 3 is 1.55 bits per heavy atom. The molecule has 44 heavy (non-hydrogen) atoms. The second-order valence-electron chi connectivity index (χ2n) is 12.1. The van der Waals surface area contributed by atoms with Crippen molar-refractivity contribution in [1.82, 2.24) is 15.0 Å². The summed E-state index contributed by atoms with van der Waals surface area (Å²) < 4.78 is 0. The van der Waals surface area contributed by atoms with Crippen LogP contribution in [0.2, 0.25) is 0 Å². The highest BCUT2D eigenvalue weighted by molar-refractivity contribution is 5.96. The van der Waals surface area contributed by atoms with Crippen molar-refractivity contribution in [2.75, 3.05) is 0 Å². The Kier molecular flexibility index (Phi) is 7.13. The van der Waals surface area contributed by atoms with Gasteiger partial charge in [-0.15, -0.1) is 0 Å². The van der Waals surface area contributed by atoms with Crippen LogP contribution in [0.5, 0.6) is 0 Å². The average Bonchev–Trinajstić information content (AvgIpc) is 3.74. The van der Waals surface area contributed by atoms with Crippen molar-refractivity contribution in [1.29, 1.82) is 0 Å². The van der Waals surface area contributed by atoms with Crippen LogP contribution in [0.15, 0.2) is 78.9 Å². The van der Waals surface area contributed by atoms with Crippen LogP contribution >= 0.6 is 0 Å². The van der Waals surface area contributed by atoms with Crippen molar-refractivity contribution in [3.63, 3.8) is 0 Å². The van der Waals surface area contributed by atoms with Gasteiger partial charge in [0.2, 0.25) is 0 Å². The normalized spacial score (nSPS) is 12.6. The number of aromatic amines is 2. The first-order chi connectivity index (χ1) is 21.4. The fourth-order valence-corrected chi connectivity index (χ4v) is 7.40. The highest BCUT2D eigenvalue weighted by atomic mass is 14.8. The molecule has 0 atom stereocenters. The van der Waals surface area contributed by atoms with Gasteiger partial charge < -0.3 is 9.97 Å². The molecule has 3 heteroatoms. The number of hydrogen-bond acceptors (Lipinski definition) is 1. The van der Waals surface area contributed by atoms with Gasteiger partial charge in [0.15, 0.2) is 0 Å². The monoisotopic (exact) mass is 575 g/mol. The van der Waals surface area contributed by atoms with Gasteiger partial charge in [-0.3, -0.25) is 0 Å². The molecule has 2 N–H and O–H groups in total. The topological polar surface area (TPSA) is 44.5 Å². The Labute approximate surface area is 260 Å². The number of fused-ring (bicyclic) bond motifs is 11. The molecule has 0 amide bonds. The van der Waals surface area contributed by atoms with Crippen molar-refractivity contribution < 1.29 is 0 Å². The van der Waals surface area contributed by atoms with Crippen LogP contribution in [0.3, 0.4) is 0 Å². The number of nitrogens with one attached hydrogen (secondary N) is 2. The Balaban J connectivity index is 1.62. The Morgan fingerprint density at radius 2 is 1.02 bits per heavy atom. The maximum absolute atomic E-state index is 5.26. The van der Waals surface area contributed by atoms with Crippen molar-refractivity contribution in [3.05, 3.63) is 113 Å². The molecule has 7 rings (SSSR count). The van der Waals surface area contributed by atoms with E-state index in [-0.39, 0.29) is 0 Å². The van der Waals surface area contributed by atoms with Gasteiger partial charge in [-0.25, -0.2) is 4.98 Å². The van der Waals surface area contributed by atoms with E-state index >= 15 is 0 Å². The molecule has 1 aliphatic carbocycles. The summed E-state index contributed by atoms with van der Waals surface area (Å²) in [5.41, 5.74) is 22.4. The van der Waals surface area contributed by atoms with E-state index in [9.17, 15) is 0 Å².